The zero-order valence-electron chi connectivity index (χ0n) is 22.9. The summed E-state index contributed by atoms with van der Waals surface area (Å²) in [7, 11) is 0. The summed E-state index contributed by atoms with van der Waals surface area (Å²) in [5.41, 5.74) is 11.4. The molecule has 5 rings (SSSR count). The number of nitrogens with one attached hydrogen (secondary N) is 1. The maximum atomic E-state index is 14.5. The molecule has 3 N–H and O–H groups in total. The van der Waals surface area contributed by atoms with Gasteiger partial charge in [0.2, 0.25) is 0 Å². The highest BCUT2D eigenvalue weighted by molar-refractivity contribution is 5.88. The van der Waals surface area contributed by atoms with Gasteiger partial charge in [0.05, 0.1) is 18.0 Å². The Hall–Kier alpha value is -4.24. The number of nitrogens with two attached hydrogens (primary N) is 1. The number of primary amides is 1. The number of amides is 2. The number of halogens is 2. The van der Waals surface area contributed by atoms with Gasteiger partial charge in [-0.1, -0.05) is 44.2 Å². The first-order valence-electron chi connectivity index (χ1n) is 13.4. The molecular formula is C31H33F2N5O2. The van der Waals surface area contributed by atoms with Crippen LogP contribution in [0.5, 0.6) is 5.75 Å². The molecule has 0 unspecified atom stereocenters. The maximum Gasteiger partial charge on any atom is 0.316 e. The summed E-state index contributed by atoms with van der Waals surface area (Å²) in [5, 5.41) is 7.66. The van der Waals surface area contributed by atoms with Gasteiger partial charge >= 0.3 is 6.03 Å². The zero-order chi connectivity index (χ0) is 28.4. The Morgan fingerprint density at radius 2 is 1.77 bits per heavy atom. The molecule has 7 nitrogen and oxygen atoms in total. The highest BCUT2D eigenvalue weighted by atomic mass is 19.1. The summed E-state index contributed by atoms with van der Waals surface area (Å²) >= 11 is 0. The lowest BCUT2D eigenvalue weighted by Gasteiger charge is -2.27. The number of carbonyl (C=O) groups excluding carboxylic acids is 1. The van der Waals surface area contributed by atoms with E-state index in [9.17, 15) is 13.6 Å². The fourth-order valence-corrected chi connectivity index (χ4v) is 5.06. The predicted octanol–water partition coefficient (Wildman–Crippen LogP) is 6.21. The van der Waals surface area contributed by atoms with Crippen LogP contribution in [0.3, 0.4) is 0 Å². The first kappa shape index (κ1) is 27.3. The van der Waals surface area contributed by atoms with Crippen LogP contribution in [0.4, 0.5) is 19.3 Å². The molecule has 1 aliphatic heterocycles. The van der Waals surface area contributed by atoms with Crippen LogP contribution in [0.1, 0.15) is 36.2 Å². The van der Waals surface area contributed by atoms with E-state index in [2.05, 4.69) is 19.2 Å². The number of anilines is 1. The number of benzene rings is 3. The Morgan fingerprint density at radius 3 is 2.45 bits per heavy atom. The van der Waals surface area contributed by atoms with Crippen LogP contribution in [-0.4, -0.2) is 33.9 Å². The van der Waals surface area contributed by atoms with Crippen LogP contribution >= 0.6 is 0 Å². The van der Waals surface area contributed by atoms with Crippen molar-refractivity contribution in [3.8, 4) is 22.7 Å². The van der Waals surface area contributed by atoms with Gasteiger partial charge in [0.1, 0.15) is 23.1 Å². The number of rotatable bonds is 8. The number of carbonyl (C=O) groups is 1. The molecule has 2 amide bonds. The maximum absolute atomic E-state index is 14.5. The van der Waals surface area contributed by atoms with E-state index in [0.717, 1.165) is 39.5 Å². The second-order valence-electron chi connectivity index (χ2n) is 10.5. The summed E-state index contributed by atoms with van der Waals surface area (Å²) in [6.45, 7) is 8.01. The minimum absolute atomic E-state index is 0.0602. The molecule has 1 aliphatic rings. The van der Waals surface area contributed by atoms with Crippen molar-refractivity contribution in [2.75, 3.05) is 18.5 Å². The van der Waals surface area contributed by atoms with E-state index in [0.29, 0.717) is 37.7 Å². The monoisotopic (exact) mass is 545 g/mol. The van der Waals surface area contributed by atoms with Crippen LogP contribution < -0.4 is 15.8 Å². The largest absolute Gasteiger partial charge is 0.491 e. The fraction of sp³-hybridized carbons (Fsp3) is 0.290. The van der Waals surface area contributed by atoms with Crippen molar-refractivity contribution in [1.82, 2.24) is 14.7 Å². The highest BCUT2D eigenvalue weighted by Crippen LogP contribution is 2.37. The van der Waals surface area contributed by atoms with Gasteiger partial charge < -0.3 is 15.8 Å². The third kappa shape index (κ3) is 5.70. The SMILES string of the molecule is Cc1cccc(OCC(C)C)c1-n1nc2c(c1-c1ccc(NC(N)=O)cc1)CN(Cc1c(F)cccc1F)CC2. The number of para-hydroxylation sites is 1. The van der Waals surface area contributed by atoms with Gasteiger partial charge in [0.15, 0.2) is 0 Å². The third-order valence-corrected chi connectivity index (χ3v) is 6.97. The standard InChI is InChI=1S/C31H33F2N5O2/c1-19(2)18-40-28-9-4-6-20(3)29(28)38-30(21-10-12-22(13-11-21)35-31(34)39)24-17-37(15-14-27(24)36-38)16-23-25(32)7-5-8-26(23)33/h4-13,19H,14-18H2,1-3H3,(H3,34,35,39). The lowest BCUT2D eigenvalue weighted by atomic mass is 9.99. The average molecular weight is 546 g/mol. The van der Waals surface area contributed by atoms with Gasteiger partial charge in [0, 0.05) is 48.4 Å². The number of ether oxygens (including phenoxy) is 1. The molecule has 40 heavy (non-hydrogen) atoms. The predicted molar refractivity (Wildman–Crippen MR) is 151 cm³/mol. The van der Waals surface area contributed by atoms with E-state index in [-0.39, 0.29) is 12.1 Å². The number of hydrogen-bond donors (Lipinski definition) is 2. The lowest BCUT2D eigenvalue weighted by molar-refractivity contribution is 0.238. The first-order valence-corrected chi connectivity index (χ1v) is 13.4. The molecule has 0 saturated heterocycles. The van der Waals surface area contributed by atoms with Gasteiger partial charge in [-0.15, -0.1) is 0 Å². The molecule has 0 aliphatic carbocycles. The van der Waals surface area contributed by atoms with Crippen molar-refractivity contribution in [1.29, 1.82) is 0 Å². The van der Waals surface area contributed by atoms with Gasteiger partial charge in [-0.2, -0.15) is 5.10 Å². The number of urea groups is 1. The first-order chi connectivity index (χ1) is 19.2. The molecule has 0 bridgehead atoms. The van der Waals surface area contributed by atoms with Crippen LogP contribution in [0, 0.1) is 24.5 Å². The van der Waals surface area contributed by atoms with Gasteiger partial charge in [-0.3, -0.25) is 4.90 Å². The van der Waals surface area contributed by atoms with Crippen LogP contribution in [-0.2, 0) is 19.5 Å². The molecule has 4 aromatic rings. The lowest BCUT2D eigenvalue weighted by Crippen LogP contribution is -2.30. The fourth-order valence-electron chi connectivity index (χ4n) is 5.06. The molecule has 0 atom stereocenters. The molecule has 0 radical (unpaired) electrons. The van der Waals surface area contributed by atoms with E-state index >= 15 is 0 Å². The van der Waals surface area contributed by atoms with E-state index in [1.807, 2.05) is 46.8 Å². The summed E-state index contributed by atoms with van der Waals surface area (Å²) in [5.74, 6) is -0.0272. The second-order valence-corrected chi connectivity index (χ2v) is 10.5. The van der Waals surface area contributed by atoms with Crippen molar-refractivity contribution < 1.29 is 18.3 Å². The summed E-state index contributed by atoms with van der Waals surface area (Å²) < 4.78 is 37.1. The normalized spacial score (nSPS) is 13.3. The third-order valence-electron chi connectivity index (χ3n) is 6.97. The van der Waals surface area contributed by atoms with Crippen molar-refractivity contribution in [3.63, 3.8) is 0 Å². The molecule has 0 spiro atoms. The highest BCUT2D eigenvalue weighted by Gasteiger charge is 2.29. The van der Waals surface area contributed by atoms with Crippen molar-refractivity contribution in [2.24, 2.45) is 11.7 Å². The number of hydrogen-bond acceptors (Lipinski definition) is 4. The number of aryl methyl sites for hydroxylation is 1. The Labute approximate surface area is 232 Å². The Kier molecular flexibility index (Phi) is 7.84. The molecule has 0 saturated carbocycles. The average Bonchev–Trinajstić information content (AvgIpc) is 3.28. The van der Waals surface area contributed by atoms with E-state index in [1.165, 1.54) is 18.2 Å². The zero-order valence-corrected chi connectivity index (χ0v) is 22.9. The number of aromatic nitrogens is 2. The molecule has 0 fully saturated rings. The Balaban J connectivity index is 1.61. The van der Waals surface area contributed by atoms with Gasteiger partial charge in [-0.25, -0.2) is 18.3 Å². The molecule has 208 valence electrons. The van der Waals surface area contributed by atoms with Crippen LogP contribution in [0.25, 0.3) is 16.9 Å². The summed E-state index contributed by atoms with van der Waals surface area (Å²) in [6.07, 6.45) is 0.626. The number of nitrogens with zero attached hydrogens (tertiary/aromatic N) is 3. The molecular weight excluding hydrogens is 512 g/mol. The Bertz CT molecular complexity index is 1510. The number of fused-ring (bicyclic) bond motifs is 1. The molecule has 2 heterocycles. The minimum Gasteiger partial charge on any atom is -0.491 e. The van der Waals surface area contributed by atoms with Crippen molar-refractivity contribution in [3.05, 3.63) is 94.7 Å². The minimum atomic E-state index is -0.641. The van der Waals surface area contributed by atoms with Crippen LogP contribution in [0.15, 0.2) is 60.7 Å². The molecule has 3 aromatic carbocycles. The van der Waals surface area contributed by atoms with Crippen LogP contribution in [0.2, 0.25) is 0 Å². The quantitative estimate of drug-likeness (QED) is 0.276. The smallest absolute Gasteiger partial charge is 0.316 e. The topological polar surface area (TPSA) is 85.4 Å². The second kappa shape index (κ2) is 11.5. The van der Waals surface area contributed by atoms with Gasteiger partial charge in [0.25, 0.3) is 0 Å². The molecule has 1 aromatic heterocycles. The van der Waals surface area contributed by atoms with Crippen molar-refractivity contribution in [2.45, 2.75) is 40.3 Å². The summed E-state index contributed by atoms with van der Waals surface area (Å²) in [6, 6.07) is 16.6. The molecule has 9 heteroatoms. The Morgan fingerprint density at radius 1 is 1.07 bits per heavy atom. The van der Waals surface area contributed by atoms with Gasteiger partial charge in [-0.05, 0) is 48.7 Å². The van der Waals surface area contributed by atoms with E-state index in [4.69, 9.17) is 15.6 Å². The summed E-state index contributed by atoms with van der Waals surface area (Å²) in [4.78, 5) is 13.4. The van der Waals surface area contributed by atoms with Crippen molar-refractivity contribution >= 4 is 11.7 Å². The van der Waals surface area contributed by atoms with E-state index in [1.54, 1.807) is 12.1 Å². The van der Waals surface area contributed by atoms with E-state index < -0.39 is 17.7 Å².